The highest BCUT2D eigenvalue weighted by molar-refractivity contribution is 7.90. The lowest BCUT2D eigenvalue weighted by Crippen LogP contribution is -2.24. The van der Waals surface area contributed by atoms with E-state index in [1.54, 1.807) is 36.7 Å². The number of rotatable bonds is 6. The van der Waals surface area contributed by atoms with Crippen molar-refractivity contribution < 1.29 is 18.0 Å². The Morgan fingerprint density at radius 2 is 2.03 bits per heavy atom. The van der Waals surface area contributed by atoms with Gasteiger partial charge < -0.3 is 9.63 Å². The van der Waals surface area contributed by atoms with E-state index in [4.69, 9.17) is 4.52 Å². The van der Waals surface area contributed by atoms with Crippen molar-refractivity contribution in [1.82, 2.24) is 20.0 Å². The number of nitrogens with zero attached hydrogens (tertiary/aromatic N) is 4. The van der Waals surface area contributed by atoms with E-state index < -0.39 is 15.9 Å². The SMILES string of the molecule is Cc1ccc(S(=O)(=O)Cc2noc(C3CC(O)CN3Cc3cccnc3)n2)cc1. The number of aliphatic hydroxyl groups is 1. The molecule has 152 valence electrons. The third kappa shape index (κ3) is 4.52. The lowest BCUT2D eigenvalue weighted by Gasteiger charge is -2.20. The average Bonchev–Trinajstić information content (AvgIpc) is 3.28. The molecule has 2 atom stereocenters. The number of hydrogen-bond donors (Lipinski definition) is 1. The Labute approximate surface area is 169 Å². The minimum absolute atomic E-state index is 0.114. The second-order valence-corrected chi connectivity index (χ2v) is 9.31. The molecule has 0 aliphatic carbocycles. The van der Waals surface area contributed by atoms with E-state index in [9.17, 15) is 13.5 Å². The summed E-state index contributed by atoms with van der Waals surface area (Å²) in [5, 5.41) is 14.0. The molecule has 3 heterocycles. The maximum absolute atomic E-state index is 12.6. The Bertz CT molecular complexity index is 1070. The molecule has 1 saturated heterocycles. The molecule has 2 unspecified atom stereocenters. The summed E-state index contributed by atoms with van der Waals surface area (Å²) in [4.78, 5) is 10.7. The van der Waals surface area contributed by atoms with Crippen molar-refractivity contribution in [2.75, 3.05) is 6.54 Å². The van der Waals surface area contributed by atoms with Crippen LogP contribution >= 0.6 is 0 Å². The topological polar surface area (TPSA) is 109 Å². The van der Waals surface area contributed by atoms with Gasteiger partial charge in [-0.25, -0.2) is 8.42 Å². The van der Waals surface area contributed by atoms with Crippen molar-refractivity contribution in [1.29, 1.82) is 0 Å². The smallest absolute Gasteiger partial charge is 0.244 e. The van der Waals surface area contributed by atoms with Crippen molar-refractivity contribution in [2.45, 2.75) is 42.7 Å². The van der Waals surface area contributed by atoms with Crippen molar-refractivity contribution in [3.63, 3.8) is 0 Å². The number of β-amino-alcohol motifs (C(OH)–C–C–N with tert-alkyl or cyclic N) is 1. The minimum atomic E-state index is -3.57. The molecule has 8 nitrogen and oxygen atoms in total. The summed E-state index contributed by atoms with van der Waals surface area (Å²) in [6, 6.07) is 10.2. The molecule has 0 radical (unpaired) electrons. The van der Waals surface area contributed by atoms with Crippen LogP contribution in [-0.2, 0) is 22.1 Å². The van der Waals surface area contributed by atoms with Gasteiger partial charge in [0.25, 0.3) is 0 Å². The number of hydrogen-bond acceptors (Lipinski definition) is 8. The molecular weight excluding hydrogens is 392 g/mol. The van der Waals surface area contributed by atoms with Gasteiger partial charge in [0.15, 0.2) is 15.7 Å². The Morgan fingerprint density at radius 3 is 2.76 bits per heavy atom. The van der Waals surface area contributed by atoms with Crippen LogP contribution in [0.5, 0.6) is 0 Å². The molecule has 1 aliphatic heterocycles. The second kappa shape index (κ2) is 8.02. The van der Waals surface area contributed by atoms with Gasteiger partial charge in [-0.1, -0.05) is 28.9 Å². The monoisotopic (exact) mass is 414 g/mol. The van der Waals surface area contributed by atoms with Crippen LogP contribution in [0.15, 0.2) is 58.2 Å². The third-order valence-corrected chi connectivity index (χ3v) is 6.59. The summed E-state index contributed by atoms with van der Waals surface area (Å²) in [5.41, 5.74) is 1.99. The van der Waals surface area contributed by atoms with Crippen molar-refractivity contribution >= 4 is 9.84 Å². The van der Waals surface area contributed by atoms with Crippen LogP contribution in [0.3, 0.4) is 0 Å². The Balaban J connectivity index is 1.51. The third-order valence-electron chi connectivity index (χ3n) is 4.96. The predicted molar refractivity (Wildman–Crippen MR) is 104 cm³/mol. The fourth-order valence-corrected chi connectivity index (χ4v) is 4.67. The lowest BCUT2D eigenvalue weighted by molar-refractivity contribution is 0.169. The van der Waals surface area contributed by atoms with Crippen LogP contribution in [0.1, 0.15) is 35.3 Å². The minimum Gasteiger partial charge on any atom is -0.392 e. The maximum Gasteiger partial charge on any atom is 0.244 e. The molecule has 0 spiro atoms. The molecule has 1 N–H and O–H groups in total. The highest BCUT2D eigenvalue weighted by Gasteiger charge is 2.36. The van der Waals surface area contributed by atoms with Crippen LogP contribution in [0, 0.1) is 6.92 Å². The number of pyridine rings is 1. The van der Waals surface area contributed by atoms with E-state index in [2.05, 4.69) is 15.1 Å². The fourth-order valence-electron chi connectivity index (χ4n) is 3.50. The normalized spacial score (nSPS) is 20.2. The average molecular weight is 414 g/mol. The van der Waals surface area contributed by atoms with E-state index in [0.717, 1.165) is 11.1 Å². The van der Waals surface area contributed by atoms with Gasteiger partial charge in [-0.15, -0.1) is 0 Å². The van der Waals surface area contributed by atoms with E-state index >= 15 is 0 Å². The van der Waals surface area contributed by atoms with Crippen molar-refractivity contribution in [2.24, 2.45) is 0 Å². The summed E-state index contributed by atoms with van der Waals surface area (Å²) in [6.45, 7) is 2.95. The number of likely N-dealkylation sites (tertiary alicyclic amines) is 1. The molecule has 9 heteroatoms. The van der Waals surface area contributed by atoms with Gasteiger partial charge in [-0.2, -0.15) is 4.98 Å². The lowest BCUT2D eigenvalue weighted by atomic mass is 10.2. The molecular formula is C20H22N4O4S. The molecule has 1 aliphatic rings. The van der Waals surface area contributed by atoms with Crippen LogP contribution in [-0.4, -0.2) is 46.2 Å². The standard InChI is InChI=1S/C20H22N4O4S/c1-14-4-6-17(7-5-14)29(26,27)13-19-22-20(28-23-19)18-9-16(25)12-24(18)11-15-3-2-8-21-10-15/h2-8,10,16,18,25H,9,11-13H2,1H3. The highest BCUT2D eigenvalue weighted by Crippen LogP contribution is 2.32. The molecule has 0 amide bonds. The number of benzene rings is 1. The summed E-state index contributed by atoms with van der Waals surface area (Å²) >= 11 is 0. The van der Waals surface area contributed by atoms with Crippen molar-refractivity contribution in [3.05, 3.63) is 71.6 Å². The molecule has 29 heavy (non-hydrogen) atoms. The van der Waals surface area contributed by atoms with Gasteiger partial charge in [0.05, 0.1) is 17.0 Å². The zero-order valence-electron chi connectivity index (χ0n) is 16.0. The molecule has 4 rings (SSSR count). The first-order valence-electron chi connectivity index (χ1n) is 9.33. The van der Waals surface area contributed by atoms with E-state index in [1.165, 1.54) is 0 Å². The predicted octanol–water partition coefficient (Wildman–Crippen LogP) is 2.05. The van der Waals surface area contributed by atoms with Crippen LogP contribution in [0.2, 0.25) is 0 Å². The second-order valence-electron chi connectivity index (χ2n) is 7.32. The molecule has 1 fully saturated rings. The number of aromatic nitrogens is 3. The zero-order valence-corrected chi connectivity index (χ0v) is 16.8. The molecule has 1 aromatic carbocycles. The van der Waals surface area contributed by atoms with Crippen LogP contribution in [0.25, 0.3) is 0 Å². The number of aliphatic hydroxyl groups excluding tert-OH is 1. The quantitative estimate of drug-likeness (QED) is 0.653. The Morgan fingerprint density at radius 1 is 1.24 bits per heavy atom. The van der Waals surface area contributed by atoms with Gasteiger partial charge in [0, 0.05) is 25.5 Å². The zero-order chi connectivity index (χ0) is 20.4. The van der Waals surface area contributed by atoms with Crippen LogP contribution < -0.4 is 0 Å². The van der Waals surface area contributed by atoms with Gasteiger partial charge in [0.2, 0.25) is 5.89 Å². The molecule has 0 bridgehead atoms. The first kappa shape index (κ1) is 19.7. The van der Waals surface area contributed by atoms with Gasteiger partial charge in [0.1, 0.15) is 5.75 Å². The molecule has 3 aromatic rings. The summed E-state index contributed by atoms with van der Waals surface area (Å²) in [6.07, 6.45) is 3.42. The number of aryl methyl sites for hydroxylation is 1. The summed E-state index contributed by atoms with van der Waals surface area (Å²) < 4.78 is 30.6. The van der Waals surface area contributed by atoms with Crippen molar-refractivity contribution in [3.8, 4) is 0 Å². The largest absolute Gasteiger partial charge is 0.392 e. The molecule has 0 saturated carbocycles. The van der Waals surface area contributed by atoms with E-state index in [1.807, 2.05) is 24.0 Å². The van der Waals surface area contributed by atoms with Crippen LogP contribution in [0.4, 0.5) is 0 Å². The fraction of sp³-hybridized carbons (Fsp3) is 0.350. The highest BCUT2D eigenvalue weighted by atomic mass is 32.2. The molecule has 2 aromatic heterocycles. The summed E-state index contributed by atoms with van der Waals surface area (Å²) in [7, 11) is -3.57. The number of sulfone groups is 1. The van der Waals surface area contributed by atoms with E-state index in [-0.39, 0.29) is 22.5 Å². The Hall–Kier alpha value is -2.62. The first-order valence-corrected chi connectivity index (χ1v) is 11.0. The van der Waals surface area contributed by atoms with E-state index in [0.29, 0.717) is 25.4 Å². The Kier molecular flexibility index (Phi) is 5.44. The maximum atomic E-state index is 12.6. The summed E-state index contributed by atoms with van der Waals surface area (Å²) in [5.74, 6) is 0.0973. The first-order chi connectivity index (χ1) is 13.9. The van der Waals surface area contributed by atoms with Gasteiger partial charge >= 0.3 is 0 Å². The van der Waals surface area contributed by atoms with Gasteiger partial charge in [-0.05, 0) is 37.1 Å². The van der Waals surface area contributed by atoms with Gasteiger partial charge in [-0.3, -0.25) is 9.88 Å².